The molecule has 0 rings (SSSR count). The van der Waals surface area contributed by atoms with Crippen molar-refractivity contribution in [3.05, 3.63) is 0 Å². The molecule has 0 saturated carbocycles. The standard InChI is InChI=1S/6C2H4O2.Cu.Pb/c6*1-2(3)4;;/h6*1H3,(H,3,4);;/q;;;;;;+2;/p-6. The van der Waals surface area contributed by atoms with E-state index in [0.29, 0.717) is 0 Å². The van der Waals surface area contributed by atoms with E-state index in [1.165, 1.54) is 0 Å². The van der Waals surface area contributed by atoms with Crippen LogP contribution in [0, 0.1) is 0 Å². The first-order chi connectivity index (χ1) is 10.4. The molecule has 0 fully saturated rings. The summed E-state index contributed by atoms with van der Waals surface area (Å²) in [6.45, 7) is 5.83. The number of carboxylic acids is 6. The van der Waals surface area contributed by atoms with Gasteiger partial charge in [0.05, 0.1) is 0 Å². The number of carboxylic acid groups (broad SMARTS) is 6. The number of hydrogen-bond donors (Lipinski definition) is 0. The fourth-order valence-electron chi connectivity index (χ4n) is 0. The van der Waals surface area contributed by atoms with E-state index < -0.39 is 35.8 Å². The van der Waals surface area contributed by atoms with Gasteiger partial charge < -0.3 is 59.4 Å². The summed E-state index contributed by atoms with van der Waals surface area (Å²) in [5, 5.41) is 53.3. The molecule has 0 aliphatic carbocycles. The van der Waals surface area contributed by atoms with Gasteiger partial charge in [-0.1, -0.05) is 0 Å². The van der Waals surface area contributed by atoms with Crippen LogP contribution in [0.3, 0.4) is 0 Å². The third kappa shape index (κ3) is 3330. The van der Waals surface area contributed by atoms with Gasteiger partial charge >= 0.3 is 17.1 Å². The average molecular weight is 625 g/mol. The Morgan fingerprint density at radius 1 is 0.385 bits per heavy atom. The maximum Gasteiger partial charge on any atom is 2.00 e. The maximum atomic E-state index is 8.89. The minimum Gasteiger partial charge on any atom is -0.550 e. The van der Waals surface area contributed by atoms with Crippen LogP contribution in [-0.2, 0) is 45.8 Å². The second-order valence-corrected chi connectivity index (χ2v) is 2.95. The Labute approximate surface area is 180 Å². The van der Waals surface area contributed by atoms with E-state index in [9.17, 15) is 0 Å². The predicted molar refractivity (Wildman–Crippen MR) is 69.8 cm³/mol. The molecule has 0 heterocycles. The molecular weight excluding hydrogens is 607 g/mol. The minimum absolute atomic E-state index is 0. The minimum atomic E-state index is -1.08. The maximum absolute atomic E-state index is 8.89. The molecule has 0 aliphatic rings. The Morgan fingerprint density at radius 3 is 0.385 bits per heavy atom. The second kappa shape index (κ2) is 43.6. The summed E-state index contributed by atoms with van der Waals surface area (Å²) >= 11 is 0. The van der Waals surface area contributed by atoms with Gasteiger partial charge in [-0.2, -0.15) is 0 Å². The Morgan fingerprint density at radius 2 is 0.385 bits per heavy atom. The van der Waals surface area contributed by atoms with E-state index in [-0.39, 0.29) is 44.4 Å². The Kier molecular flexibility index (Phi) is 83.2. The first kappa shape index (κ1) is 49.6. The average Bonchev–Trinajstić information content (AvgIpc) is 2.08. The van der Waals surface area contributed by atoms with Crippen molar-refractivity contribution < 1.29 is 76.5 Å². The predicted octanol–water partition coefficient (Wildman–Crippen LogP) is -7.85. The van der Waals surface area contributed by atoms with Crippen molar-refractivity contribution in [3.63, 3.8) is 0 Å². The Balaban J connectivity index is -0.0000000245. The third-order valence-electron chi connectivity index (χ3n) is 0. The first-order valence-electron chi connectivity index (χ1n) is 5.45. The van der Waals surface area contributed by atoms with Gasteiger partial charge in [0.25, 0.3) is 0 Å². The summed E-state index contributed by atoms with van der Waals surface area (Å²) in [7, 11) is 0. The van der Waals surface area contributed by atoms with Crippen molar-refractivity contribution in [3.8, 4) is 0 Å². The Bertz CT molecular complexity index is 267. The van der Waals surface area contributed by atoms with E-state index in [1.807, 2.05) is 0 Å². The van der Waals surface area contributed by atoms with Crippen LogP contribution in [0.5, 0.6) is 0 Å². The van der Waals surface area contributed by atoms with E-state index in [2.05, 4.69) is 0 Å². The Hall–Kier alpha value is -1.74. The normalized spacial score (nSPS) is 5.77. The molecule has 0 aliphatic heterocycles. The van der Waals surface area contributed by atoms with Gasteiger partial charge in [-0.05, 0) is 41.5 Å². The zero-order valence-electron chi connectivity index (χ0n) is 14.7. The van der Waals surface area contributed by atoms with Crippen LogP contribution in [0.4, 0.5) is 0 Å². The summed E-state index contributed by atoms with van der Waals surface area (Å²) in [6.07, 6.45) is 0. The number of carbonyl (C=O) groups excluding carboxylic acids is 6. The molecule has 0 aromatic carbocycles. The van der Waals surface area contributed by atoms with Crippen molar-refractivity contribution in [2.45, 2.75) is 41.5 Å². The molecule has 0 aromatic heterocycles. The molecule has 12 nitrogen and oxygen atoms in total. The van der Waals surface area contributed by atoms with Gasteiger partial charge in [0.15, 0.2) is 0 Å². The van der Waals surface area contributed by atoms with Crippen molar-refractivity contribution >= 4 is 63.1 Å². The number of carbonyl (C=O) groups is 6. The molecule has 157 valence electrons. The summed E-state index contributed by atoms with van der Waals surface area (Å²) in [4.78, 5) is 53.3. The molecule has 0 atom stereocenters. The van der Waals surface area contributed by atoms with Crippen molar-refractivity contribution in [1.29, 1.82) is 0 Å². The monoisotopic (exact) mass is 625 g/mol. The van der Waals surface area contributed by atoms with Crippen molar-refractivity contribution in [1.82, 2.24) is 0 Å². The van der Waals surface area contributed by atoms with Crippen LogP contribution in [-0.4, -0.2) is 63.1 Å². The molecule has 0 spiro atoms. The van der Waals surface area contributed by atoms with Crippen LogP contribution >= 0.6 is 0 Å². The van der Waals surface area contributed by atoms with Crippen LogP contribution in [0.25, 0.3) is 0 Å². The molecule has 5 radical (unpaired) electrons. The van der Waals surface area contributed by atoms with Gasteiger partial charge in [0.2, 0.25) is 0 Å². The molecule has 26 heavy (non-hydrogen) atoms. The van der Waals surface area contributed by atoms with E-state index in [4.69, 9.17) is 59.4 Å². The van der Waals surface area contributed by atoms with Crippen LogP contribution in [0.2, 0.25) is 0 Å². The van der Waals surface area contributed by atoms with Crippen LogP contribution in [0.1, 0.15) is 41.5 Å². The molecule has 14 heteroatoms. The summed E-state index contributed by atoms with van der Waals surface area (Å²) < 4.78 is 0. The molecule has 0 N–H and O–H groups in total. The quantitative estimate of drug-likeness (QED) is 0.228. The molecule has 0 bridgehead atoms. The molecule has 0 unspecified atom stereocenters. The van der Waals surface area contributed by atoms with Gasteiger partial charge in [0.1, 0.15) is 0 Å². The third-order valence-corrected chi connectivity index (χ3v) is 0. The van der Waals surface area contributed by atoms with Gasteiger partial charge in [-0.15, -0.1) is 0 Å². The second-order valence-electron chi connectivity index (χ2n) is 2.95. The van der Waals surface area contributed by atoms with Crippen molar-refractivity contribution in [2.24, 2.45) is 0 Å². The van der Waals surface area contributed by atoms with Crippen LogP contribution in [0.15, 0.2) is 0 Å². The number of rotatable bonds is 0. The zero-order chi connectivity index (χ0) is 21.5. The van der Waals surface area contributed by atoms with E-state index in [0.717, 1.165) is 41.5 Å². The van der Waals surface area contributed by atoms with Gasteiger partial charge in [-0.25, -0.2) is 0 Å². The zero-order valence-corrected chi connectivity index (χ0v) is 19.5. The number of hydrogen-bond acceptors (Lipinski definition) is 12. The van der Waals surface area contributed by atoms with E-state index >= 15 is 0 Å². The van der Waals surface area contributed by atoms with Crippen molar-refractivity contribution in [2.75, 3.05) is 0 Å². The van der Waals surface area contributed by atoms with E-state index in [1.54, 1.807) is 0 Å². The summed E-state index contributed by atoms with van der Waals surface area (Å²) in [5.41, 5.74) is 0. The number of aliphatic carboxylic acids is 6. The molecule has 0 amide bonds. The molecule has 0 saturated heterocycles. The van der Waals surface area contributed by atoms with Gasteiger partial charge in [0, 0.05) is 63.1 Å². The fourth-order valence-corrected chi connectivity index (χ4v) is 0. The fraction of sp³-hybridized carbons (Fsp3) is 0.500. The summed E-state index contributed by atoms with van der Waals surface area (Å²) in [6, 6.07) is 0. The first-order valence-corrected chi connectivity index (χ1v) is 5.45. The van der Waals surface area contributed by atoms with Crippen LogP contribution < -0.4 is 30.6 Å². The SMILES string of the molecule is CC(=O)[O-].CC(=O)[O-].CC(=O)[O-].CC(=O)[O-].CC(=O)[O-].CC(=O)[O-].[Cu+2].[Pb]. The smallest absolute Gasteiger partial charge is 0.550 e. The largest absolute Gasteiger partial charge is 2.00 e. The molecule has 0 aromatic rings. The summed E-state index contributed by atoms with van der Waals surface area (Å²) in [5.74, 6) is -6.50. The topological polar surface area (TPSA) is 241 Å². The van der Waals surface area contributed by atoms with Gasteiger partial charge in [-0.3, -0.25) is 0 Å². The molecular formula is C12H18CuO12Pb-4.